The number of aromatic nitrogens is 2. The summed E-state index contributed by atoms with van der Waals surface area (Å²) in [6.07, 6.45) is 1.86. The van der Waals surface area contributed by atoms with Crippen LogP contribution in [0.3, 0.4) is 0 Å². The maximum Gasteiger partial charge on any atom is 0.338 e. The van der Waals surface area contributed by atoms with E-state index in [1.54, 1.807) is 65.5 Å². The monoisotopic (exact) mass is 539 g/mol. The van der Waals surface area contributed by atoms with Crippen molar-refractivity contribution >= 4 is 37.7 Å². The number of anilines is 1. The zero-order valence-corrected chi connectivity index (χ0v) is 20.5. The summed E-state index contributed by atoms with van der Waals surface area (Å²) in [5.74, 6) is -0.0549. The van der Waals surface area contributed by atoms with Crippen molar-refractivity contribution in [1.82, 2.24) is 9.78 Å². The second-order valence-corrected chi connectivity index (χ2v) is 10.1. The number of benzene rings is 3. The number of hydrogen-bond acceptors (Lipinski definition) is 5. The molecule has 4 aromatic rings. The van der Waals surface area contributed by atoms with E-state index in [1.165, 1.54) is 4.31 Å². The predicted molar refractivity (Wildman–Crippen MR) is 134 cm³/mol. The van der Waals surface area contributed by atoms with E-state index in [-0.39, 0.29) is 18.0 Å². The van der Waals surface area contributed by atoms with E-state index < -0.39 is 16.0 Å². The molecule has 34 heavy (non-hydrogen) atoms. The van der Waals surface area contributed by atoms with Crippen LogP contribution in [0.5, 0.6) is 0 Å². The van der Waals surface area contributed by atoms with Crippen LogP contribution in [0.25, 0.3) is 5.69 Å². The Hall–Kier alpha value is -3.43. The average Bonchev–Trinajstić information content (AvgIpc) is 3.34. The molecule has 0 unspecified atom stereocenters. The van der Waals surface area contributed by atoms with Crippen molar-refractivity contribution in [3.05, 3.63) is 107 Å². The molecule has 0 spiro atoms. The smallest absolute Gasteiger partial charge is 0.338 e. The highest BCUT2D eigenvalue weighted by atomic mass is 79.9. The first-order chi connectivity index (χ1) is 16.5. The fraction of sp³-hybridized carbons (Fsp3) is 0.120. The van der Waals surface area contributed by atoms with Gasteiger partial charge in [0.1, 0.15) is 5.82 Å². The standard InChI is InChI=1S/C25H22BrN3O4S/c26-21-12-14-23(15-13-21)34(31,32)28(18-7-19-33-25(30)20-8-3-1-4-9-20)24-16-17-27-29(24)22-10-5-2-6-11-22/h1-6,8-17H,7,18-19H2. The van der Waals surface area contributed by atoms with Gasteiger partial charge in [-0.05, 0) is 48.5 Å². The van der Waals surface area contributed by atoms with E-state index in [0.717, 1.165) is 10.2 Å². The summed E-state index contributed by atoms with van der Waals surface area (Å²) in [5, 5.41) is 4.34. The molecule has 0 saturated carbocycles. The van der Waals surface area contributed by atoms with Crippen molar-refractivity contribution in [2.24, 2.45) is 0 Å². The molecule has 0 bridgehead atoms. The summed E-state index contributed by atoms with van der Waals surface area (Å²) in [5.41, 5.74) is 1.18. The highest BCUT2D eigenvalue weighted by Crippen LogP contribution is 2.27. The predicted octanol–water partition coefficient (Wildman–Crippen LogP) is 5.08. The van der Waals surface area contributed by atoms with E-state index >= 15 is 0 Å². The first-order valence-corrected chi connectivity index (χ1v) is 12.8. The zero-order chi connectivity index (χ0) is 24.0. The fourth-order valence-corrected chi connectivity index (χ4v) is 5.13. The van der Waals surface area contributed by atoms with Gasteiger partial charge in [-0.2, -0.15) is 5.10 Å². The highest BCUT2D eigenvalue weighted by Gasteiger charge is 2.28. The number of rotatable bonds is 9. The molecule has 0 aliphatic heterocycles. The molecule has 0 aliphatic carbocycles. The van der Waals surface area contributed by atoms with Crippen LogP contribution >= 0.6 is 15.9 Å². The third kappa shape index (κ3) is 5.37. The van der Waals surface area contributed by atoms with Crippen LogP contribution in [-0.4, -0.2) is 37.3 Å². The SMILES string of the molecule is O=C(OCCCN(c1ccnn1-c1ccccc1)S(=O)(=O)c1ccc(Br)cc1)c1ccccc1. The summed E-state index contributed by atoms with van der Waals surface area (Å²) in [7, 11) is -3.91. The number of hydrogen-bond donors (Lipinski definition) is 0. The lowest BCUT2D eigenvalue weighted by Gasteiger charge is -2.25. The normalized spacial score (nSPS) is 11.2. The first kappa shape index (κ1) is 23.7. The van der Waals surface area contributed by atoms with Gasteiger partial charge in [0.05, 0.1) is 29.0 Å². The highest BCUT2D eigenvalue weighted by molar-refractivity contribution is 9.10. The van der Waals surface area contributed by atoms with Crippen molar-refractivity contribution in [3.63, 3.8) is 0 Å². The minimum atomic E-state index is -3.91. The van der Waals surface area contributed by atoms with Gasteiger partial charge in [-0.3, -0.25) is 0 Å². The minimum Gasteiger partial charge on any atom is -0.462 e. The van der Waals surface area contributed by atoms with Gasteiger partial charge in [-0.25, -0.2) is 22.2 Å². The van der Waals surface area contributed by atoms with Crippen molar-refractivity contribution in [1.29, 1.82) is 0 Å². The quantitative estimate of drug-likeness (QED) is 0.219. The Bertz CT molecular complexity index is 1340. The molecule has 174 valence electrons. The van der Waals surface area contributed by atoms with Crippen LogP contribution in [0.1, 0.15) is 16.8 Å². The Morgan fingerprint density at radius 1 is 0.912 bits per heavy atom. The zero-order valence-electron chi connectivity index (χ0n) is 18.1. The molecule has 7 nitrogen and oxygen atoms in total. The lowest BCUT2D eigenvalue weighted by atomic mass is 10.2. The van der Waals surface area contributed by atoms with Crippen LogP contribution in [0.2, 0.25) is 0 Å². The third-order valence-corrected chi connectivity index (χ3v) is 7.38. The molecular formula is C25H22BrN3O4S. The van der Waals surface area contributed by atoms with Gasteiger partial charge in [0, 0.05) is 23.5 Å². The number of para-hydroxylation sites is 1. The molecule has 0 N–H and O–H groups in total. The average molecular weight is 540 g/mol. The van der Waals surface area contributed by atoms with Gasteiger partial charge in [0.2, 0.25) is 0 Å². The summed E-state index contributed by atoms with van der Waals surface area (Å²) >= 11 is 3.34. The molecule has 3 aromatic carbocycles. The van der Waals surface area contributed by atoms with Crippen molar-refractivity contribution in [3.8, 4) is 5.69 Å². The molecule has 1 aromatic heterocycles. The second-order valence-electron chi connectivity index (χ2n) is 7.32. The summed E-state index contributed by atoms with van der Waals surface area (Å²) < 4.78 is 36.3. The second kappa shape index (κ2) is 10.7. The number of nitrogens with zero attached hydrogens (tertiary/aromatic N) is 3. The van der Waals surface area contributed by atoms with E-state index in [0.29, 0.717) is 17.8 Å². The summed E-state index contributed by atoms with van der Waals surface area (Å²) in [6.45, 7) is 0.165. The Labute approximate surface area is 206 Å². The van der Waals surface area contributed by atoms with Crippen molar-refractivity contribution in [2.45, 2.75) is 11.3 Å². The topological polar surface area (TPSA) is 81.5 Å². The number of carbonyl (C=O) groups is 1. The molecule has 4 rings (SSSR count). The summed E-state index contributed by atoms with van der Waals surface area (Å²) in [4.78, 5) is 12.4. The molecule has 0 atom stereocenters. The van der Waals surface area contributed by atoms with Crippen LogP contribution in [-0.2, 0) is 14.8 Å². The van der Waals surface area contributed by atoms with E-state index in [1.807, 2.05) is 36.4 Å². The number of halogens is 1. The number of ether oxygens (including phenoxy) is 1. The van der Waals surface area contributed by atoms with E-state index in [4.69, 9.17) is 4.74 Å². The minimum absolute atomic E-state index is 0.0690. The van der Waals surface area contributed by atoms with E-state index in [2.05, 4.69) is 21.0 Å². The Balaban J connectivity index is 1.59. The van der Waals surface area contributed by atoms with Crippen molar-refractivity contribution < 1.29 is 17.9 Å². The fourth-order valence-electron chi connectivity index (χ4n) is 3.38. The maximum atomic E-state index is 13.6. The molecule has 0 amide bonds. The molecule has 1 heterocycles. The molecular weight excluding hydrogens is 518 g/mol. The maximum absolute atomic E-state index is 13.6. The molecule has 0 aliphatic rings. The van der Waals surface area contributed by atoms with Crippen LogP contribution in [0.4, 0.5) is 5.82 Å². The largest absolute Gasteiger partial charge is 0.462 e. The molecule has 0 saturated heterocycles. The van der Waals surface area contributed by atoms with Gasteiger partial charge < -0.3 is 4.74 Å². The Kier molecular flexibility index (Phi) is 7.44. The Morgan fingerprint density at radius 3 is 2.24 bits per heavy atom. The van der Waals surface area contributed by atoms with Crippen LogP contribution < -0.4 is 4.31 Å². The molecule has 0 radical (unpaired) electrons. The van der Waals surface area contributed by atoms with Gasteiger partial charge in [0.15, 0.2) is 0 Å². The van der Waals surface area contributed by atoms with Gasteiger partial charge in [-0.15, -0.1) is 0 Å². The van der Waals surface area contributed by atoms with Gasteiger partial charge in [0.25, 0.3) is 10.0 Å². The van der Waals surface area contributed by atoms with Gasteiger partial charge in [-0.1, -0.05) is 52.3 Å². The van der Waals surface area contributed by atoms with Gasteiger partial charge >= 0.3 is 5.97 Å². The molecule has 0 fully saturated rings. The number of carbonyl (C=O) groups excluding carboxylic acids is 1. The number of sulfonamides is 1. The first-order valence-electron chi connectivity index (χ1n) is 10.6. The summed E-state index contributed by atoms with van der Waals surface area (Å²) in [6, 6.07) is 26.1. The number of esters is 1. The lowest BCUT2D eigenvalue weighted by molar-refractivity contribution is 0.0503. The third-order valence-electron chi connectivity index (χ3n) is 5.03. The lowest BCUT2D eigenvalue weighted by Crippen LogP contribution is -2.34. The van der Waals surface area contributed by atoms with Crippen LogP contribution in [0.15, 0.2) is 107 Å². The Morgan fingerprint density at radius 2 is 1.56 bits per heavy atom. The van der Waals surface area contributed by atoms with Crippen LogP contribution in [0, 0.1) is 0 Å². The molecule has 9 heteroatoms. The van der Waals surface area contributed by atoms with Crippen molar-refractivity contribution in [2.75, 3.05) is 17.5 Å². The van der Waals surface area contributed by atoms with E-state index in [9.17, 15) is 13.2 Å².